The van der Waals surface area contributed by atoms with E-state index in [1.54, 1.807) is 0 Å². The summed E-state index contributed by atoms with van der Waals surface area (Å²) in [5.74, 6) is -0.798. The molecule has 0 bridgehead atoms. The van der Waals surface area contributed by atoms with Crippen molar-refractivity contribution in [3.63, 3.8) is 0 Å². The van der Waals surface area contributed by atoms with Crippen molar-refractivity contribution in [1.29, 1.82) is 0 Å². The maximum atomic E-state index is 12.0. The van der Waals surface area contributed by atoms with Gasteiger partial charge in [0.1, 0.15) is 0 Å². The molecule has 1 aliphatic heterocycles. The number of piperidine rings is 1. The molecule has 20 heavy (non-hydrogen) atoms. The molecule has 0 saturated carbocycles. The lowest BCUT2D eigenvalue weighted by Crippen LogP contribution is -2.44. The summed E-state index contributed by atoms with van der Waals surface area (Å²) in [6, 6.07) is 0. The summed E-state index contributed by atoms with van der Waals surface area (Å²) in [5.41, 5.74) is 0. The quantitative estimate of drug-likeness (QED) is 0.643. The van der Waals surface area contributed by atoms with E-state index in [4.69, 9.17) is 5.11 Å². The fraction of sp³-hybridized carbons (Fsp3) is 0.786. The molecule has 1 heterocycles. The lowest BCUT2D eigenvalue weighted by atomic mass is 9.93. The van der Waals surface area contributed by atoms with Crippen LogP contribution in [0.15, 0.2) is 0 Å². The summed E-state index contributed by atoms with van der Waals surface area (Å²) in [5, 5.41) is 14.4. The van der Waals surface area contributed by atoms with Gasteiger partial charge in [0.15, 0.2) is 0 Å². The van der Waals surface area contributed by atoms with Crippen LogP contribution in [0.2, 0.25) is 0 Å². The van der Waals surface area contributed by atoms with Gasteiger partial charge in [-0.3, -0.25) is 14.4 Å². The number of rotatable bonds is 7. The normalized spacial score (nSPS) is 20.4. The third-order valence-electron chi connectivity index (χ3n) is 3.47. The minimum atomic E-state index is -0.838. The third kappa shape index (κ3) is 6.04. The third-order valence-corrected chi connectivity index (χ3v) is 3.47. The number of amides is 2. The predicted octanol–water partition coefficient (Wildman–Crippen LogP) is 0.766. The largest absolute Gasteiger partial charge is 0.481 e. The Hall–Kier alpha value is -1.59. The first-order valence-electron chi connectivity index (χ1n) is 7.14. The predicted molar refractivity (Wildman–Crippen MR) is 73.9 cm³/mol. The van der Waals surface area contributed by atoms with E-state index in [0.29, 0.717) is 31.8 Å². The minimum Gasteiger partial charge on any atom is -0.481 e. The Kier molecular flexibility index (Phi) is 6.48. The Labute approximate surface area is 119 Å². The highest BCUT2D eigenvalue weighted by Crippen LogP contribution is 2.16. The highest BCUT2D eigenvalue weighted by Gasteiger charge is 2.25. The summed E-state index contributed by atoms with van der Waals surface area (Å²) in [6.07, 6.45) is 1.78. The summed E-state index contributed by atoms with van der Waals surface area (Å²) < 4.78 is 0. The average Bonchev–Trinajstić information content (AvgIpc) is 2.35. The van der Waals surface area contributed by atoms with E-state index in [0.717, 1.165) is 6.42 Å². The molecule has 0 aliphatic carbocycles. The number of hydrogen-bond acceptors (Lipinski definition) is 3. The average molecular weight is 284 g/mol. The van der Waals surface area contributed by atoms with E-state index in [1.165, 1.54) is 0 Å². The van der Waals surface area contributed by atoms with Crippen molar-refractivity contribution in [2.24, 2.45) is 17.8 Å². The molecule has 0 aromatic carbocycles. The monoisotopic (exact) mass is 284 g/mol. The maximum absolute atomic E-state index is 12.0. The Morgan fingerprint density at radius 1 is 1.45 bits per heavy atom. The van der Waals surface area contributed by atoms with Crippen LogP contribution in [-0.2, 0) is 14.4 Å². The van der Waals surface area contributed by atoms with Gasteiger partial charge in [-0.05, 0) is 24.7 Å². The Bertz CT molecular complexity index is 358. The number of nitrogens with one attached hydrogen (secondary N) is 2. The summed E-state index contributed by atoms with van der Waals surface area (Å²) in [6.45, 7) is 4.83. The molecule has 1 rings (SSSR count). The first-order valence-corrected chi connectivity index (χ1v) is 7.14. The van der Waals surface area contributed by atoms with Crippen molar-refractivity contribution in [2.75, 3.05) is 13.1 Å². The topological polar surface area (TPSA) is 95.5 Å². The van der Waals surface area contributed by atoms with Crippen LogP contribution in [0.1, 0.15) is 39.5 Å². The second-order valence-electron chi connectivity index (χ2n) is 5.88. The molecule has 1 aliphatic rings. The zero-order valence-electron chi connectivity index (χ0n) is 12.1. The van der Waals surface area contributed by atoms with Crippen molar-refractivity contribution in [2.45, 2.75) is 39.5 Å². The molecule has 1 fully saturated rings. The molecule has 3 N–H and O–H groups in total. The van der Waals surface area contributed by atoms with Gasteiger partial charge in [-0.2, -0.15) is 0 Å². The Morgan fingerprint density at radius 3 is 2.65 bits per heavy atom. The molecule has 0 aromatic rings. The lowest BCUT2D eigenvalue weighted by Gasteiger charge is -2.23. The summed E-state index contributed by atoms with van der Waals surface area (Å²) >= 11 is 0. The van der Waals surface area contributed by atoms with E-state index < -0.39 is 5.97 Å². The van der Waals surface area contributed by atoms with Gasteiger partial charge in [0.25, 0.3) is 0 Å². The first-order chi connectivity index (χ1) is 9.38. The Morgan fingerprint density at radius 2 is 2.15 bits per heavy atom. The maximum Gasteiger partial charge on any atom is 0.303 e. The standard InChI is InChI=1S/C14H24N2O4/c1-9(2)5-10(6-13(18)19)7-16-14(20)11-3-4-12(17)15-8-11/h9-11H,3-8H2,1-2H3,(H,15,17)(H,16,20)(H,18,19)/t10-,11?/m0/s1. The van der Waals surface area contributed by atoms with Gasteiger partial charge >= 0.3 is 5.97 Å². The molecule has 1 unspecified atom stereocenters. The van der Waals surface area contributed by atoms with Gasteiger partial charge in [0.2, 0.25) is 11.8 Å². The fourth-order valence-electron chi connectivity index (χ4n) is 2.50. The lowest BCUT2D eigenvalue weighted by molar-refractivity contribution is -0.138. The SMILES string of the molecule is CC(C)C[C@H](CNC(=O)C1CCC(=O)NC1)CC(=O)O. The molecule has 2 amide bonds. The van der Waals surface area contributed by atoms with Gasteiger partial charge in [0, 0.05) is 25.9 Å². The number of hydrogen-bond donors (Lipinski definition) is 3. The zero-order valence-corrected chi connectivity index (χ0v) is 12.1. The van der Waals surface area contributed by atoms with Crippen molar-refractivity contribution >= 4 is 17.8 Å². The van der Waals surface area contributed by atoms with E-state index in [9.17, 15) is 14.4 Å². The van der Waals surface area contributed by atoms with Crippen LogP contribution in [-0.4, -0.2) is 36.0 Å². The molecule has 1 saturated heterocycles. The second-order valence-corrected chi connectivity index (χ2v) is 5.88. The first kappa shape index (κ1) is 16.5. The number of carbonyl (C=O) groups is 3. The smallest absolute Gasteiger partial charge is 0.303 e. The van der Waals surface area contributed by atoms with Crippen LogP contribution in [0.4, 0.5) is 0 Å². The highest BCUT2D eigenvalue weighted by atomic mass is 16.4. The van der Waals surface area contributed by atoms with Gasteiger partial charge in [-0.25, -0.2) is 0 Å². The minimum absolute atomic E-state index is 0.0161. The molecule has 114 valence electrons. The van der Waals surface area contributed by atoms with Crippen LogP contribution >= 0.6 is 0 Å². The van der Waals surface area contributed by atoms with Crippen molar-refractivity contribution in [3.8, 4) is 0 Å². The molecule has 2 atom stereocenters. The molecule has 0 aromatic heterocycles. The van der Waals surface area contributed by atoms with Crippen LogP contribution < -0.4 is 10.6 Å². The van der Waals surface area contributed by atoms with Crippen molar-refractivity contribution < 1.29 is 19.5 Å². The Balaban J connectivity index is 2.39. The summed E-state index contributed by atoms with van der Waals surface area (Å²) in [7, 11) is 0. The molecule has 6 heteroatoms. The molecule has 6 nitrogen and oxygen atoms in total. The van der Waals surface area contributed by atoms with Crippen LogP contribution in [0.5, 0.6) is 0 Å². The number of carboxylic acids is 1. The molecule has 0 spiro atoms. The molecular weight excluding hydrogens is 260 g/mol. The van der Waals surface area contributed by atoms with Gasteiger partial charge in [-0.1, -0.05) is 13.8 Å². The summed E-state index contributed by atoms with van der Waals surface area (Å²) in [4.78, 5) is 33.8. The zero-order chi connectivity index (χ0) is 15.1. The molecule has 0 radical (unpaired) electrons. The van der Waals surface area contributed by atoms with E-state index in [1.807, 2.05) is 13.8 Å². The van der Waals surface area contributed by atoms with E-state index in [-0.39, 0.29) is 30.1 Å². The molecular formula is C14H24N2O4. The van der Waals surface area contributed by atoms with Crippen molar-refractivity contribution in [3.05, 3.63) is 0 Å². The van der Waals surface area contributed by atoms with E-state index >= 15 is 0 Å². The number of carbonyl (C=O) groups excluding carboxylic acids is 2. The highest BCUT2D eigenvalue weighted by molar-refractivity contribution is 5.83. The van der Waals surface area contributed by atoms with Crippen LogP contribution in [0, 0.1) is 17.8 Å². The fourth-order valence-corrected chi connectivity index (χ4v) is 2.50. The van der Waals surface area contributed by atoms with E-state index in [2.05, 4.69) is 10.6 Å². The number of carboxylic acid groups (broad SMARTS) is 1. The number of aliphatic carboxylic acids is 1. The van der Waals surface area contributed by atoms with Gasteiger partial charge in [0.05, 0.1) is 5.92 Å². The van der Waals surface area contributed by atoms with Crippen LogP contribution in [0.25, 0.3) is 0 Å². The van der Waals surface area contributed by atoms with Crippen molar-refractivity contribution in [1.82, 2.24) is 10.6 Å². The van der Waals surface area contributed by atoms with Gasteiger partial charge < -0.3 is 15.7 Å². The second kappa shape index (κ2) is 7.87. The van der Waals surface area contributed by atoms with Crippen LogP contribution in [0.3, 0.4) is 0 Å². The van der Waals surface area contributed by atoms with Gasteiger partial charge in [-0.15, -0.1) is 0 Å².